The molecule has 0 aliphatic heterocycles. The molecule has 0 aliphatic carbocycles. The van der Waals surface area contributed by atoms with Crippen LogP contribution in [0.25, 0.3) is 16.6 Å². The number of aromatic nitrogens is 4. The van der Waals surface area contributed by atoms with Gasteiger partial charge in [0.05, 0.1) is 26.3 Å². The number of carbonyl (C=O) groups is 1. The first-order valence-corrected chi connectivity index (χ1v) is 7.36. The Kier molecular flexibility index (Phi) is 4.17. The van der Waals surface area contributed by atoms with Crippen LogP contribution in [0.2, 0.25) is 0 Å². The van der Waals surface area contributed by atoms with E-state index in [1.165, 1.54) is 18.8 Å². The highest BCUT2D eigenvalue weighted by Gasteiger charge is 2.19. The molecule has 0 bridgehead atoms. The molecule has 25 heavy (non-hydrogen) atoms. The maximum Gasteiger partial charge on any atom is 0.516 e. The van der Waals surface area contributed by atoms with Crippen molar-refractivity contribution in [3.8, 4) is 17.5 Å². The summed E-state index contributed by atoms with van der Waals surface area (Å²) in [5.41, 5.74) is 0.324. The molecule has 0 N–H and O–H groups in total. The standard InChI is InChI=1S/C15H16N4O6/c1-5-24-15(21)25-13-16-12-8-6-10(22-3)11(23-4)7-9(8)18(2)14(20)19(12)17-13/h6-7H,5H2,1-4H3. The van der Waals surface area contributed by atoms with E-state index in [1.807, 2.05) is 0 Å². The minimum Gasteiger partial charge on any atom is -0.493 e. The van der Waals surface area contributed by atoms with Crippen LogP contribution in [0.15, 0.2) is 16.9 Å². The molecule has 1 aromatic carbocycles. The van der Waals surface area contributed by atoms with Crippen molar-refractivity contribution in [1.82, 2.24) is 19.2 Å². The number of hydrogen-bond acceptors (Lipinski definition) is 8. The van der Waals surface area contributed by atoms with Crippen LogP contribution in [-0.4, -0.2) is 46.1 Å². The Balaban J connectivity index is 2.27. The van der Waals surface area contributed by atoms with E-state index in [4.69, 9.17) is 14.2 Å². The highest BCUT2D eigenvalue weighted by atomic mass is 16.7. The van der Waals surface area contributed by atoms with Crippen LogP contribution in [0.5, 0.6) is 17.5 Å². The van der Waals surface area contributed by atoms with Crippen molar-refractivity contribution in [2.75, 3.05) is 20.8 Å². The normalized spacial score (nSPS) is 10.9. The van der Waals surface area contributed by atoms with Crippen LogP contribution < -0.4 is 19.9 Å². The van der Waals surface area contributed by atoms with Gasteiger partial charge in [-0.2, -0.15) is 9.50 Å². The first-order chi connectivity index (χ1) is 12.0. The van der Waals surface area contributed by atoms with Crippen LogP contribution in [-0.2, 0) is 11.8 Å². The summed E-state index contributed by atoms with van der Waals surface area (Å²) >= 11 is 0. The molecule has 0 spiro atoms. The van der Waals surface area contributed by atoms with E-state index < -0.39 is 11.8 Å². The Hall–Kier alpha value is -3.30. The molecule has 0 amide bonds. The van der Waals surface area contributed by atoms with Gasteiger partial charge in [-0.15, -0.1) is 5.10 Å². The van der Waals surface area contributed by atoms with Crippen molar-refractivity contribution < 1.29 is 23.7 Å². The summed E-state index contributed by atoms with van der Waals surface area (Å²) in [5, 5.41) is 4.50. The van der Waals surface area contributed by atoms with E-state index in [0.717, 1.165) is 4.52 Å². The average Bonchev–Trinajstić information content (AvgIpc) is 3.02. The fourth-order valence-electron chi connectivity index (χ4n) is 2.44. The van der Waals surface area contributed by atoms with E-state index in [-0.39, 0.29) is 18.3 Å². The van der Waals surface area contributed by atoms with E-state index in [2.05, 4.69) is 14.8 Å². The minimum atomic E-state index is -0.946. The monoisotopic (exact) mass is 348 g/mol. The molecule has 3 rings (SSSR count). The molecule has 2 aromatic heterocycles. The molecule has 0 saturated carbocycles. The Bertz CT molecular complexity index is 1020. The summed E-state index contributed by atoms with van der Waals surface area (Å²) < 4.78 is 22.5. The van der Waals surface area contributed by atoms with Crippen molar-refractivity contribution in [3.05, 3.63) is 22.6 Å². The molecule has 3 aromatic rings. The largest absolute Gasteiger partial charge is 0.516 e. The van der Waals surface area contributed by atoms with Crippen LogP contribution in [0.1, 0.15) is 6.92 Å². The summed E-state index contributed by atoms with van der Waals surface area (Å²) in [6.45, 7) is 1.79. The fourth-order valence-corrected chi connectivity index (χ4v) is 2.44. The lowest BCUT2D eigenvalue weighted by Gasteiger charge is -2.11. The van der Waals surface area contributed by atoms with Gasteiger partial charge in [-0.3, -0.25) is 4.57 Å². The Morgan fingerprint density at radius 3 is 2.52 bits per heavy atom. The predicted octanol–water partition coefficient (Wildman–Crippen LogP) is 1.13. The number of methoxy groups -OCH3 is 2. The maximum absolute atomic E-state index is 12.5. The summed E-state index contributed by atoms with van der Waals surface area (Å²) in [6.07, 6.45) is -0.946. The van der Waals surface area contributed by atoms with Crippen molar-refractivity contribution in [1.29, 1.82) is 0 Å². The van der Waals surface area contributed by atoms with Crippen LogP contribution in [0.3, 0.4) is 0 Å². The summed E-state index contributed by atoms with van der Waals surface area (Å²) in [7, 11) is 4.59. The lowest BCUT2D eigenvalue weighted by Crippen LogP contribution is -2.25. The number of aryl methyl sites for hydroxylation is 1. The number of ether oxygens (including phenoxy) is 4. The third-order valence-electron chi connectivity index (χ3n) is 3.60. The second-order valence-electron chi connectivity index (χ2n) is 4.98. The van der Waals surface area contributed by atoms with Crippen molar-refractivity contribution >= 4 is 22.7 Å². The predicted molar refractivity (Wildman–Crippen MR) is 86.5 cm³/mol. The summed E-state index contributed by atoms with van der Waals surface area (Å²) in [6, 6.07) is 3.06. The van der Waals surface area contributed by atoms with Gasteiger partial charge in [-0.25, -0.2) is 9.59 Å². The molecule has 0 saturated heterocycles. The summed E-state index contributed by atoms with van der Waals surface area (Å²) in [4.78, 5) is 28.1. The number of rotatable bonds is 4. The molecule has 0 aliphatic rings. The lowest BCUT2D eigenvalue weighted by atomic mass is 10.2. The second kappa shape index (κ2) is 6.30. The minimum absolute atomic E-state index is 0.147. The first-order valence-electron chi connectivity index (χ1n) is 7.36. The van der Waals surface area contributed by atoms with Gasteiger partial charge in [-0.05, 0) is 13.0 Å². The van der Waals surface area contributed by atoms with E-state index in [9.17, 15) is 9.59 Å². The highest BCUT2D eigenvalue weighted by Crippen LogP contribution is 2.33. The molecule has 2 heterocycles. The van der Waals surface area contributed by atoms with Gasteiger partial charge in [0, 0.05) is 18.5 Å². The molecule has 10 heteroatoms. The van der Waals surface area contributed by atoms with Gasteiger partial charge in [0.1, 0.15) is 0 Å². The second-order valence-corrected chi connectivity index (χ2v) is 4.98. The molecule has 0 unspecified atom stereocenters. The van der Waals surface area contributed by atoms with Crippen molar-refractivity contribution in [2.45, 2.75) is 6.92 Å². The zero-order valence-corrected chi connectivity index (χ0v) is 14.1. The SMILES string of the molecule is CCOC(=O)Oc1nc2c3cc(OC)c(OC)cc3n(C)c(=O)n2n1. The quantitative estimate of drug-likeness (QED) is 0.646. The van der Waals surface area contributed by atoms with E-state index in [1.54, 1.807) is 26.1 Å². The Morgan fingerprint density at radius 2 is 1.88 bits per heavy atom. The number of nitrogens with zero attached hydrogens (tertiary/aromatic N) is 4. The van der Waals surface area contributed by atoms with Crippen LogP contribution in [0.4, 0.5) is 4.79 Å². The topological polar surface area (TPSA) is 106 Å². The van der Waals surface area contributed by atoms with Crippen molar-refractivity contribution in [2.24, 2.45) is 7.05 Å². The molecular weight excluding hydrogens is 332 g/mol. The van der Waals surface area contributed by atoms with Crippen LogP contribution >= 0.6 is 0 Å². The third kappa shape index (κ3) is 2.71. The van der Waals surface area contributed by atoms with Gasteiger partial charge in [-0.1, -0.05) is 0 Å². The molecule has 0 atom stereocenters. The van der Waals surface area contributed by atoms with Gasteiger partial charge in [0.15, 0.2) is 17.1 Å². The highest BCUT2D eigenvalue weighted by molar-refractivity contribution is 5.94. The molecular formula is C15H16N4O6. The van der Waals surface area contributed by atoms with Crippen molar-refractivity contribution in [3.63, 3.8) is 0 Å². The average molecular weight is 348 g/mol. The van der Waals surface area contributed by atoms with Gasteiger partial charge in [0.2, 0.25) is 0 Å². The zero-order valence-electron chi connectivity index (χ0n) is 14.1. The summed E-state index contributed by atoms with van der Waals surface area (Å²) in [5.74, 6) is 0.934. The maximum atomic E-state index is 12.5. The lowest BCUT2D eigenvalue weighted by molar-refractivity contribution is 0.101. The van der Waals surface area contributed by atoms with Crippen LogP contribution in [0, 0.1) is 0 Å². The fraction of sp³-hybridized carbons (Fsp3) is 0.333. The number of benzene rings is 1. The van der Waals surface area contributed by atoms with Gasteiger partial charge >= 0.3 is 17.9 Å². The first kappa shape index (κ1) is 16.6. The third-order valence-corrected chi connectivity index (χ3v) is 3.60. The molecule has 0 radical (unpaired) electrons. The number of hydrogen-bond donors (Lipinski definition) is 0. The Morgan fingerprint density at radius 1 is 1.20 bits per heavy atom. The van der Waals surface area contributed by atoms with E-state index in [0.29, 0.717) is 22.4 Å². The smallest absolute Gasteiger partial charge is 0.493 e. The number of carbonyl (C=O) groups excluding carboxylic acids is 1. The molecule has 10 nitrogen and oxygen atoms in total. The zero-order chi connectivity index (χ0) is 18.1. The van der Waals surface area contributed by atoms with Gasteiger partial charge in [0.25, 0.3) is 0 Å². The van der Waals surface area contributed by atoms with E-state index >= 15 is 0 Å². The Labute approximate surface area is 141 Å². The number of fused-ring (bicyclic) bond motifs is 3. The molecule has 132 valence electrons. The van der Waals surface area contributed by atoms with Gasteiger partial charge < -0.3 is 18.9 Å². The molecule has 0 fully saturated rings.